The van der Waals surface area contributed by atoms with E-state index in [2.05, 4.69) is 48.1 Å². The largest absolute Gasteiger partial charge is 0.378 e. The molecular weight excluding hydrogens is 567 g/mol. The summed E-state index contributed by atoms with van der Waals surface area (Å²) in [4.78, 5) is 35.5. The first-order chi connectivity index (χ1) is 21.5. The fourth-order valence-corrected chi connectivity index (χ4v) is 7.07. The SMILES string of the molecule is Cc1[nH]c2ccccc2c1C1C(CC(=O)N(Cc2ccccc2F)C(C)(C)C(=O)Nc2ccc(N3CCOCC3)cc2)C1(C)C. The van der Waals surface area contributed by atoms with Crippen molar-refractivity contribution in [3.63, 3.8) is 0 Å². The Morgan fingerprint density at radius 3 is 2.40 bits per heavy atom. The van der Waals surface area contributed by atoms with Crippen LogP contribution in [-0.4, -0.2) is 53.5 Å². The molecule has 2 unspecified atom stereocenters. The fraction of sp³-hybridized carbons (Fsp3) is 0.405. The van der Waals surface area contributed by atoms with E-state index >= 15 is 0 Å². The third kappa shape index (κ3) is 5.96. The van der Waals surface area contributed by atoms with Gasteiger partial charge in [-0.2, -0.15) is 0 Å². The van der Waals surface area contributed by atoms with E-state index in [1.165, 1.54) is 17.0 Å². The number of hydrogen-bond acceptors (Lipinski definition) is 4. The van der Waals surface area contributed by atoms with E-state index in [9.17, 15) is 14.0 Å². The Morgan fingerprint density at radius 2 is 1.69 bits per heavy atom. The average Bonchev–Trinajstić information content (AvgIpc) is 3.37. The number of ether oxygens (including phenoxy) is 1. The Hall–Kier alpha value is -4.17. The van der Waals surface area contributed by atoms with Crippen LogP contribution in [0.15, 0.2) is 72.8 Å². The summed E-state index contributed by atoms with van der Waals surface area (Å²) in [5.41, 5.74) is 4.19. The quantitative estimate of drug-likeness (QED) is 0.213. The first kappa shape index (κ1) is 30.8. The van der Waals surface area contributed by atoms with Crippen molar-refractivity contribution in [1.29, 1.82) is 0 Å². The molecule has 2 atom stereocenters. The van der Waals surface area contributed by atoms with Gasteiger partial charge >= 0.3 is 0 Å². The summed E-state index contributed by atoms with van der Waals surface area (Å²) >= 11 is 0. The average molecular weight is 611 g/mol. The number of fused-ring (bicyclic) bond motifs is 1. The third-order valence-electron chi connectivity index (χ3n) is 10.0. The van der Waals surface area contributed by atoms with Crippen molar-refractivity contribution in [2.45, 2.75) is 59.0 Å². The summed E-state index contributed by atoms with van der Waals surface area (Å²) in [6.07, 6.45) is 0.260. The minimum atomic E-state index is -1.26. The van der Waals surface area contributed by atoms with Crippen molar-refractivity contribution in [2.75, 3.05) is 36.5 Å². The van der Waals surface area contributed by atoms with E-state index in [1.807, 2.05) is 36.4 Å². The highest BCUT2D eigenvalue weighted by atomic mass is 19.1. The molecule has 7 nitrogen and oxygen atoms in total. The number of nitrogens with zero attached hydrogens (tertiary/aromatic N) is 2. The number of para-hydroxylation sites is 1. The molecule has 2 aliphatic rings. The monoisotopic (exact) mass is 610 g/mol. The minimum Gasteiger partial charge on any atom is -0.378 e. The molecule has 2 N–H and O–H groups in total. The molecule has 1 saturated heterocycles. The Morgan fingerprint density at radius 1 is 1.02 bits per heavy atom. The van der Waals surface area contributed by atoms with Crippen molar-refractivity contribution in [1.82, 2.24) is 9.88 Å². The molecule has 8 heteroatoms. The lowest BCUT2D eigenvalue weighted by Crippen LogP contribution is -2.55. The summed E-state index contributed by atoms with van der Waals surface area (Å²) in [7, 11) is 0. The van der Waals surface area contributed by atoms with Crippen LogP contribution in [0.5, 0.6) is 0 Å². The molecule has 0 bridgehead atoms. The molecule has 1 saturated carbocycles. The van der Waals surface area contributed by atoms with Crippen LogP contribution >= 0.6 is 0 Å². The van der Waals surface area contributed by atoms with Gasteiger partial charge in [0.25, 0.3) is 0 Å². The number of rotatable bonds is 9. The van der Waals surface area contributed by atoms with E-state index in [4.69, 9.17) is 4.74 Å². The third-order valence-corrected chi connectivity index (χ3v) is 10.0. The standard InChI is InChI=1S/C37H43FN4O3/c1-24-33(28-11-7-9-13-31(28)39-24)34-29(36(34,2)3)22-32(43)42(23-25-10-6-8-12-30(25)38)37(4,5)35(44)40-26-14-16-27(17-15-26)41-18-20-45-21-19-41/h6-17,29,34,39H,18-23H2,1-5H3,(H,40,44). The number of halogens is 1. The van der Waals surface area contributed by atoms with Crippen LogP contribution in [0.1, 0.15) is 56.9 Å². The molecule has 1 aromatic heterocycles. The Kier molecular flexibility index (Phi) is 8.20. The van der Waals surface area contributed by atoms with Gasteiger partial charge in [0.1, 0.15) is 11.4 Å². The van der Waals surface area contributed by atoms with Gasteiger partial charge in [0.15, 0.2) is 0 Å². The molecule has 0 spiro atoms. The van der Waals surface area contributed by atoms with E-state index in [1.54, 1.807) is 36.9 Å². The van der Waals surface area contributed by atoms with Gasteiger partial charge in [-0.1, -0.05) is 50.2 Å². The number of H-pyrrole nitrogens is 1. The molecule has 0 radical (unpaired) electrons. The number of aromatic nitrogens is 1. The highest BCUT2D eigenvalue weighted by Gasteiger charge is 2.60. The summed E-state index contributed by atoms with van der Waals surface area (Å²) in [6.45, 7) is 13.0. The second-order valence-corrected chi connectivity index (χ2v) is 13.5. The van der Waals surface area contributed by atoms with E-state index in [0.717, 1.165) is 30.0 Å². The molecule has 6 rings (SSSR count). The van der Waals surface area contributed by atoms with Crippen LogP contribution in [0.3, 0.4) is 0 Å². The predicted octanol–water partition coefficient (Wildman–Crippen LogP) is 7.03. The first-order valence-electron chi connectivity index (χ1n) is 15.8. The van der Waals surface area contributed by atoms with Crippen LogP contribution in [0, 0.1) is 24.1 Å². The van der Waals surface area contributed by atoms with Crippen LogP contribution in [0.25, 0.3) is 10.9 Å². The molecular formula is C37H43FN4O3. The summed E-state index contributed by atoms with van der Waals surface area (Å²) in [5.74, 6) is -0.624. The summed E-state index contributed by atoms with van der Waals surface area (Å²) < 4.78 is 20.4. The maximum Gasteiger partial charge on any atom is 0.249 e. The van der Waals surface area contributed by atoms with E-state index < -0.39 is 11.4 Å². The van der Waals surface area contributed by atoms with Crippen molar-refractivity contribution in [3.05, 3.63) is 95.4 Å². The molecule has 236 valence electrons. The minimum absolute atomic E-state index is 0.00811. The number of aryl methyl sites for hydroxylation is 1. The number of hydrogen-bond donors (Lipinski definition) is 2. The zero-order valence-corrected chi connectivity index (χ0v) is 26.8. The van der Waals surface area contributed by atoms with Gasteiger partial charge in [-0.05, 0) is 80.0 Å². The lowest BCUT2D eigenvalue weighted by Gasteiger charge is -2.38. The second-order valence-electron chi connectivity index (χ2n) is 13.5. The number of carbonyl (C=O) groups is 2. The van der Waals surface area contributed by atoms with Crippen LogP contribution in [-0.2, 0) is 20.9 Å². The molecule has 2 heterocycles. The van der Waals surface area contributed by atoms with Crippen LogP contribution in [0.4, 0.5) is 15.8 Å². The van der Waals surface area contributed by atoms with E-state index in [0.29, 0.717) is 24.5 Å². The van der Waals surface area contributed by atoms with Gasteiger partial charge in [-0.25, -0.2) is 4.39 Å². The van der Waals surface area contributed by atoms with Gasteiger partial charge in [0.05, 0.1) is 13.2 Å². The highest BCUT2D eigenvalue weighted by Crippen LogP contribution is 2.67. The van der Waals surface area contributed by atoms with Gasteiger partial charge in [0, 0.05) is 59.6 Å². The second kappa shape index (κ2) is 12.0. The smallest absolute Gasteiger partial charge is 0.249 e. The van der Waals surface area contributed by atoms with Gasteiger partial charge < -0.3 is 24.8 Å². The number of benzene rings is 3. The number of amides is 2. The predicted molar refractivity (Wildman–Crippen MR) is 177 cm³/mol. The molecule has 1 aliphatic heterocycles. The zero-order chi connectivity index (χ0) is 31.9. The Balaban J connectivity index is 1.23. The Labute approximate surface area is 264 Å². The topological polar surface area (TPSA) is 77.7 Å². The maximum atomic E-state index is 14.9. The molecule has 2 fully saturated rings. The lowest BCUT2D eigenvalue weighted by molar-refractivity contribution is -0.145. The van der Waals surface area contributed by atoms with Gasteiger partial charge in [-0.15, -0.1) is 0 Å². The van der Waals surface area contributed by atoms with Gasteiger partial charge in [0.2, 0.25) is 11.8 Å². The highest BCUT2D eigenvalue weighted by molar-refractivity contribution is 6.00. The first-order valence-corrected chi connectivity index (χ1v) is 15.8. The zero-order valence-electron chi connectivity index (χ0n) is 26.8. The molecule has 1 aliphatic carbocycles. The number of carbonyl (C=O) groups excluding carboxylic acids is 2. The van der Waals surface area contributed by atoms with E-state index in [-0.39, 0.29) is 42.0 Å². The van der Waals surface area contributed by atoms with Crippen LogP contribution < -0.4 is 10.2 Å². The number of nitrogens with one attached hydrogen (secondary N) is 2. The summed E-state index contributed by atoms with van der Waals surface area (Å²) in [6, 6.07) is 22.4. The lowest BCUT2D eigenvalue weighted by atomic mass is 9.97. The number of morpholine rings is 1. The molecule has 2 amide bonds. The summed E-state index contributed by atoms with van der Waals surface area (Å²) in [5, 5.41) is 4.20. The molecule has 45 heavy (non-hydrogen) atoms. The van der Waals surface area contributed by atoms with Crippen molar-refractivity contribution < 1.29 is 18.7 Å². The van der Waals surface area contributed by atoms with Gasteiger partial charge in [-0.3, -0.25) is 9.59 Å². The number of anilines is 2. The normalized spacial score (nSPS) is 19.4. The molecule has 3 aromatic carbocycles. The fourth-order valence-electron chi connectivity index (χ4n) is 7.07. The maximum absolute atomic E-state index is 14.9. The van der Waals surface area contributed by atoms with Crippen molar-refractivity contribution in [3.8, 4) is 0 Å². The van der Waals surface area contributed by atoms with Crippen LogP contribution in [0.2, 0.25) is 0 Å². The van der Waals surface area contributed by atoms with Crippen molar-refractivity contribution >= 4 is 34.1 Å². The number of aromatic amines is 1. The Bertz CT molecular complexity index is 1700. The molecule has 4 aromatic rings. The van der Waals surface area contributed by atoms with Crippen molar-refractivity contribution in [2.24, 2.45) is 11.3 Å².